The molecule has 7 nitrogen and oxygen atoms in total. The van der Waals surface area contributed by atoms with Crippen molar-refractivity contribution >= 4 is 12.1 Å². The number of carbonyl (C=O) groups is 2. The topological polar surface area (TPSA) is 101 Å². The maximum atomic E-state index is 12.5. The first-order valence-electron chi connectivity index (χ1n) is 9.66. The third-order valence-electron chi connectivity index (χ3n) is 5.17. The number of fused-ring (bicyclic) bond motifs is 3. The van der Waals surface area contributed by atoms with E-state index in [9.17, 15) is 14.7 Å². The van der Waals surface area contributed by atoms with Crippen molar-refractivity contribution in [3.05, 3.63) is 83.4 Å². The Morgan fingerprint density at radius 3 is 2.30 bits per heavy atom. The SMILES string of the molecule is Cc1nccc(C(CC(=O)O)NC(=O)OCC2c3ccccc3-c3ccccc32)n1. The van der Waals surface area contributed by atoms with Gasteiger partial charge < -0.3 is 15.2 Å². The molecule has 1 amide bonds. The lowest BCUT2D eigenvalue weighted by atomic mass is 9.98. The summed E-state index contributed by atoms with van der Waals surface area (Å²) in [5.41, 5.74) is 4.93. The van der Waals surface area contributed by atoms with Crippen LogP contribution >= 0.6 is 0 Å². The van der Waals surface area contributed by atoms with Crippen LogP contribution in [-0.2, 0) is 9.53 Å². The van der Waals surface area contributed by atoms with E-state index in [-0.39, 0.29) is 18.9 Å². The molecule has 0 aliphatic heterocycles. The molecule has 0 bridgehead atoms. The first kappa shape index (κ1) is 19.6. The number of hydrogen-bond donors (Lipinski definition) is 2. The number of alkyl carbamates (subject to hydrolysis) is 1. The minimum atomic E-state index is -1.05. The summed E-state index contributed by atoms with van der Waals surface area (Å²) in [6.07, 6.45) is 0.548. The average molecular weight is 403 g/mol. The van der Waals surface area contributed by atoms with Crippen molar-refractivity contribution in [3.63, 3.8) is 0 Å². The molecule has 1 aromatic heterocycles. The van der Waals surface area contributed by atoms with Crippen molar-refractivity contribution in [2.45, 2.75) is 25.3 Å². The lowest BCUT2D eigenvalue weighted by Gasteiger charge is -2.18. The van der Waals surface area contributed by atoms with Gasteiger partial charge in [0.1, 0.15) is 12.4 Å². The number of benzene rings is 2. The number of amides is 1. The fraction of sp³-hybridized carbons (Fsp3) is 0.217. The molecule has 2 aromatic carbocycles. The maximum absolute atomic E-state index is 12.5. The normalized spacial score (nSPS) is 13.2. The van der Waals surface area contributed by atoms with Crippen LogP contribution in [0.25, 0.3) is 11.1 Å². The number of carboxylic acid groups (broad SMARTS) is 1. The van der Waals surface area contributed by atoms with Gasteiger partial charge in [-0.05, 0) is 35.2 Å². The van der Waals surface area contributed by atoms with E-state index < -0.39 is 18.1 Å². The number of nitrogens with zero attached hydrogens (tertiary/aromatic N) is 2. The molecule has 1 aliphatic rings. The van der Waals surface area contributed by atoms with Crippen molar-refractivity contribution in [2.75, 3.05) is 6.61 Å². The summed E-state index contributed by atoms with van der Waals surface area (Å²) in [7, 11) is 0. The Labute approximate surface area is 173 Å². The van der Waals surface area contributed by atoms with Gasteiger partial charge in [0.25, 0.3) is 0 Å². The van der Waals surface area contributed by atoms with E-state index in [0.29, 0.717) is 11.5 Å². The molecule has 30 heavy (non-hydrogen) atoms. The molecule has 3 aromatic rings. The number of ether oxygens (including phenoxy) is 1. The molecular weight excluding hydrogens is 382 g/mol. The molecule has 2 N–H and O–H groups in total. The predicted octanol–water partition coefficient (Wildman–Crippen LogP) is 3.84. The van der Waals surface area contributed by atoms with Crippen LogP contribution in [0, 0.1) is 6.92 Å². The molecule has 7 heteroatoms. The number of rotatable bonds is 6. The summed E-state index contributed by atoms with van der Waals surface area (Å²) in [5, 5.41) is 11.8. The zero-order valence-corrected chi connectivity index (χ0v) is 16.4. The molecule has 0 spiro atoms. The monoisotopic (exact) mass is 403 g/mol. The van der Waals surface area contributed by atoms with Crippen LogP contribution in [0.15, 0.2) is 60.8 Å². The molecule has 1 aliphatic carbocycles. The van der Waals surface area contributed by atoms with Gasteiger partial charge in [-0.15, -0.1) is 0 Å². The smallest absolute Gasteiger partial charge is 0.407 e. The Balaban J connectivity index is 1.48. The maximum Gasteiger partial charge on any atom is 0.407 e. The summed E-state index contributed by atoms with van der Waals surface area (Å²) in [6, 6.07) is 16.9. The van der Waals surface area contributed by atoms with Crippen LogP contribution in [0.5, 0.6) is 0 Å². The Bertz CT molecular complexity index is 1050. The van der Waals surface area contributed by atoms with E-state index in [0.717, 1.165) is 22.3 Å². The second kappa shape index (κ2) is 8.32. The van der Waals surface area contributed by atoms with Gasteiger partial charge in [-0.3, -0.25) is 4.79 Å². The predicted molar refractivity (Wildman–Crippen MR) is 110 cm³/mol. The average Bonchev–Trinajstić information content (AvgIpc) is 3.05. The second-order valence-corrected chi connectivity index (χ2v) is 7.15. The third kappa shape index (κ3) is 4.00. The number of nitrogens with one attached hydrogen (secondary N) is 1. The van der Waals surface area contributed by atoms with Gasteiger partial charge in [-0.25, -0.2) is 14.8 Å². The van der Waals surface area contributed by atoms with E-state index in [1.807, 2.05) is 36.4 Å². The highest BCUT2D eigenvalue weighted by Gasteiger charge is 2.29. The van der Waals surface area contributed by atoms with Crippen molar-refractivity contribution in [3.8, 4) is 11.1 Å². The van der Waals surface area contributed by atoms with Crippen molar-refractivity contribution in [1.82, 2.24) is 15.3 Å². The number of carboxylic acids is 1. The molecule has 1 atom stereocenters. The molecular formula is C23H21N3O4. The van der Waals surface area contributed by atoms with Crippen LogP contribution in [0.1, 0.15) is 41.0 Å². The van der Waals surface area contributed by atoms with Crippen molar-refractivity contribution < 1.29 is 19.4 Å². The van der Waals surface area contributed by atoms with Gasteiger partial charge in [0.15, 0.2) is 0 Å². The first-order chi connectivity index (χ1) is 14.5. The highest BCUT2D eigenvalue weighted by Crippen LogP contribution is 2.44. The van der Waals surface area contributed by atoms with Crippen LogP contribution in [0.4, 0.5) is 4.79 Å². The molecule has 0 fully saturated rings. The fourth-order valence-electron chi connectivity index (χ4n) is 3.86. The molecule has 0 saturated carbocycles. The standard InChI is InChI=1S/C23H21N3O4/c1-14-24-11-10-20(25-14)21(12-22(27)28)26-23(29)30-13-19-17-8-4-2-6-15(17)16-7-3-5-9-18(16)19/h2-11,19,21H,12-13H2,1H3,(H,26,29)(H,27,28). The lowest BCUT2D eigenvalue weighted by Crippen LogP contribution is -2.32. The quantitative estimate of drug-likeness (QED) is 0.648. The van der Waals surface area contributed by atoms with Crippen LogP contribution in [-0.4, -0.2) is 33.7 Å². The van der Waals surface area contributed by atoms with Crippen LogP contribution in [0.2, 0.25) is 0 Å². The highest BCUT2D eigenvalue weighted by molar-refractivity contribution is 5.79. The number of aromatic nitrogens is 2. The van der Waals surface area contributed by atoms with Gasteiger partial charge in [-0.1, -0.05) is 48.5 Å². The van der Waals surface area contributed by atoms with Gasteiger partial charge in [0, 0.05) is 12.1 Å². The molecule has 4 rings (SSSR count). The zero-order chi connectivity index (χ0) is 21.1. The van der Waals surface area contributed by atoms with Crippen LogP contribution < -0.4 is 5.32 Å². The number of aryl methyl sites for hydroxylation is 1. The summed E-state index contributed by atoms with van der Waals surface area (Å²) < 4.78 is 5.52. The first-order valence-corrected chi connectivity index (χ1v) is 9.66. The molecule has 1 unspecified atom stereocenters. The summed E-state index contributed by atoms with van der Waals surface area (Å²) in [4.78, 5) is 32.0. The van der Waals surface area contributed by atoms with E-state index in [1.54, 1.807) is 13.0 Å². The summed E-state index contributed by atoms with van der Waals surface area (Å²) in [6.45, 7) is 1.86. The third-order valence-corrected chi connectivity index (χ3v) is 5.17. The number of aliphatic carboxylic acids is 1. The van der Waals surface area contributed by atoms with E-state index >= 15 is 0 Å². The second-order valence-electron chi connectivity index (χ2n) is 7.15. The molecule has 0 saturated heterocycles. The largest absolute Gasteiger partial charge is 0.481 e. The Morgan fingerprint density at radius 1 is 1.07 bits per heavy atom. The zero-order valence-electron chi connectivity index (χ0n) is 16.4. The summed E-state index contributed by atoms with van der Waals surface area (Å²) in [5.74, 6) is -0.616. The fourth-order valence-corrected chi connectivity index (χ4v) is 3.86. The number of carbonyl (C=O) groups excluding carboxylic acids is 1. The lowest BCUT2D eigenvalue weighted by molar-refractivity contribution is -0.137. The van der Waals surface area contributed by atoms with Gasteiger partial charge in [-0.2, -0.15) is 0 Å². The van der Waals surface area contributed by atoms with E-state index in [2.05, 4.69) is 27.4 Å². The van der Waals surface area contributed by atoms with Crippen molar-refractivity contribution in [1.29, 1.82) is 0 Å². The Morgan fingerprint density at radius 2 is 1.70 bits per heavy atom. The van der Waals surface area contributed by atoms with Crippen LogP contribution in [0.3, 0.4) is 0 Å². The summed E-state index contributed by atoms with van der Waals surface area (Å²) >= 11 is 0. The Hall–Kier alpha value is -3.74. The van der Waals surface area contributed by atoms with Crippen molar-refractivity contribution in [2.24, 2.45) is 0 Å². The highest BCUT2D eigenvalue weighted by atomic mass is 16.5. The number of hydrogen-bond acceptors (Lipinski definition) is 5. The van der Waals surface area contributed by atoms with E-state index in [1.165, 1.54) is 6.20 Å². The van der Waals surface area contributed by atoms with E-state index in [4.69, 9.17) is 4.74 Å². The Kier molecular flexibility index (Phi) is 5.43. The molecule has 152 valence electrons. The minimum Gasteiger partial charge on any atom is -0.481 e. The molecule has 0 radical (unpaired) electrons. The van der Waals surface area contributed by atoms with Gasteiger partial charge >= 0.3 is 12.1 Å². The minimum absolute atomic E-state index is 0.0673. The van der Waals surface area contributed by atoms with Gasteiger partial charge in [0.05, 0.1) is 18.2 Å². The molecule has 1 heterocycles. The van der Waals surface area contributed by atoms with Gasteiger partial charge in [0.2, 0.25) is 0 Å².